The Hall–Kier alpha value is -2.09. The topological polar surface area (TPSA) is 50.3 Å². The molecule has 170 valence electrons. The minimum atomic E-state index is -4.55. The molecule has 2 saturated carbocycles. The van der Waals surface area contributed by atoms with Gasteiger partial charge in [0.1, 0.15) is 11.5 Å². The van der Waals surface area contributed by atoms with Crippen molar-refractivity contribution in [2.24, 2.45) is 17.8 Å². The number of anilines is 1. The predicted molar refractivity (Wildman–Crippen MR) is 113 cm³/mol. The number of alkyl halides is 3. The van der Waals surface area contributed by atoms with E-state index in [0.717, 1.165) is 18.3 Å². The number of nitrogens with one attached hydrogen (secondary N) is 1. The third kappa shape index (κ3) is 5.79. The normalized spacial score (nSPS) is 27.1. The lowest BCUT2D eigenvalue weighted by Crippen LogP contribution is -2.33. The number of hydrogen-bond donors (Lipinski definition) is 1. The van der Waals surface area contributed by atoms with Crippen molar-refractivity contribution in [3.63, 3.8) is 0 Å². The number of morpholine rings is 1. The summed E-state index contributed by atoms with van der Waals surface area (Å²) in [7, 11) is 0. The van der Waals surface area contributed by atoms with Crippen molar-refractivity contribution < 1.29 is 17.9 Å². The number of fused-ring (bicyclic) bond motifs is 2. The number of aromatic nitrogens is 2. The van der Waals surface area contributed by atoms with Crippen molar-refractivity contribution in [3.05, 3.63) is 42.1 Å². The first-order valence-electron chi connectivity index (χ1n) is 11.2. The van der Waals surface area contributed by atoms with E-state index in [0.29, 0.717) is 37.1 Å². The van der Waals surface area contributed by atoms with E-state index in [9.17, 15) is 13.2 Å². The summed E-state index contributed by atoms with van der Waals surface area (Å²) in [5, 5.41) is 3.03. The second-order valence-corrected chi connectivity index (χ2v) is 9.34. The lowest BCUT2D eigenvalue weighted by atomic mass is 9.67. The molecule has 3 fully saturated rings. The van der Waals surface area contributed by atoms with Gasteiger partial charge in [-0.15, -0.1) is 0 Å². The fraction of sp³-hybridized carbons (Fsp3) is 0.652. The number of nitrogens with zero attached hydrogens (tertiary/aromatic N) is 3. The van der Waals surface area contributed by atoms with Gasteiger partial charge in [0.15, 0.2) is 5.69 Å². The van der Waals surface area contributed by atoms with E-state index in [4.69, 9.17) is 4.74 Å². The molecule has 2 unspecified atom stereocenters. The van der Waals surface area contributed by atoms with Crippen LogP contribution in [0.2, 0.25) is 0 Å². The van der Waals surface area contributed by atoms with Crippen molar-refractivity contribution in [2.45, 2.75) is 57.7 Å². The summed E-state index contributed by atoms with van der Waals surface area (Å²) in [4.78, 5) is 9.80. The molecular formula is C23H31F3N4O. The van der Waals surface area contributed by atoms with E-state index in [2.05, 4.69) is 28.4 Å². The Morgan fingerprint density at radius 3 is 2.42 bits per heavy atom. The van der Waals surface area contributed by atoms with E-state index >= 15 is 0 Å². The molecule has 31 heavy (non-hydrogen) atoms. The highest BCUT2D eigenvalue weighted by atomic mass is 19.4. The molecular weight excluding hydrogens is 405 g/mol. The van der Waals surface area contributed by atoms with Crippen LogP contribution in [0.5, 0.6) is 0 Å². The van der Waals surface area contributed by atoms with Gasteiger partial charge >= 0.3 is 6.18 Å². The standard InChI is InChI=1S/C23H31F3N4O/c1-15-12-30(13-16(2)31-15)14-20-11-28-22(29-21(20)23(24,25)26)27-7-6-19-9-17-4-3-5-18(8-17)10-19/h11,17-19H,1-10,12-14H2,(H,27,28,29). The maximum atomic E-state index is 13.7. The number of rotatable bonds is 6. The first-order valence-corrected chi connectivity index (χ1v) is 11.2. The Kier molecular flexibility index (Phi) is 6.55. The average molecular weight is 437 g/mol. The van der Waals surface area contributed by atoms with Gasteiger partial charge < -0.3 is 10.1 Å². The minimum absolute atomic E-state index is 0.0423. The van der Waals surface area contributed by atoms with E-state index in [-0.39, 0.29) is 18.1 Å². The Morgan fingerprint density at radius 1 is 1.10 bits per heavy atom. The van der Waals surface area contributed by atoms with Crippen LogP contribution in [0, 0.1) is 17.8 Å². The van der Waals surface area contributed by atoms with Crippen molar-refractivity contribution in [3.8, 4) is 0 Å². The zero-order valence-corrected chi connectivity index (χ0v) is 17.9. The van der Waals surface area contributed by atoms with Crippen molar-refractivity contribution >= 4 is 5.95 Å². The first kappa shape index (κ1) is 22.1. The van der Waals surface area contributed by atoms with Gasteiger partial charge in [-0.2, -0.15) is 13.2 Å². The molecule has 4 rings (SSSR count). The summed E-state index contributed by atoms with van der Waals surface area (Å²) >= 11 is 0. The first-order chi connectivity index (χ1) is 14.8. The molecule has 0 spiro atoms. The molecule has 0 aromatic carbocycles. The summed E-state index contributed by atoms with van der Waals surface area (Å²) in [5.74, 6) is 3.32. The largest absolute Gasteiger partial charge is 0.465 e. The van der Waals surface area contributed by atoms with Gasteiger partial charge in [0, 0.05) is 24.8 Å². The molecule has 5 nitrogen and oxygen atoms in total. The zero-order valence-electron chi connectivity index (χ0n) is 17.9. The van der Waals surface area contributed by atoms with Crippen molar-refractivity contribution in [1.82, 2.24) is 14.9 Å². The van der Waals surface area contributed by atoms with Gasteiger partial charge in [0.2, 0.25) is 5.95 Å². The smallest absolute Gasteiger partial charge is 0.433 e. The monoisotopic (exact) mass is 436 g/mol. The summed E-state index contributed by atoms with van der Waals surface area (Å²) in [6.07, 6.45) is 5.59. The SMILES string of the molecule is C=C1CN(Cc2cnc(NCCC3CC4CCCC(C4)C3)nc2C(F)(F)F)CC(=C)O1. The third-order valence-electron chi connectivity index (χ3n) is 6.68. The van der Waals surface area contributed by atoms with Crippen LogP contribution in [0.25, 0.3) is 0 Å². The van der Waals surface area contributed by atoms with Crippen molar-refractivity contribution in [2.75, 3.05) is 25.0 Å². The lowest BCUT2D eigenvalue weighted by Gasteiger charge is -2.39. The van der Waals surface area contributed by atoms with Gasteiger partial charge in [-0.25, -0.2) is 9.97 Å². The van der Waals surface area contributed by atoms with Crippen LogP contribution in [0.3, 0.4) is 0 Å². The van der Waals surface area contributed by atoms with Gasteiger partial charge in [-0.1, -0.05) is 32.4 Å². The zero-order chi connectivity index (χ0) is 22.0. The van der Waals surface area contributed by atoms with Crippen LogP contribution in [0.4, 0.5) is 19.1 Å². The van der Waals surface area contributed by atoms with Gasteiger partial charge in [-0.3, -0.25) is 4.90 Å². The van der Waals surface area contributed by atoms with Crippen LogP contribution in [0.1, 0.15) is 56.2 Å². The summed E-state index contributed by atoms with van der Waals surface area (Å²) in [5.41, 5.74) is -0.847. The third-order valence-corrected chi connectivity index (χ3v) is 6.68. The molecule has 2 bridgehead atoms. The second-order valence-electron chi connectivity index (χ2n) is 9.34. The van der Waals surface area contributed by atoms with E-state index in [1.54, 1.807) is 4.90 Å². The minimum Gasteiger partial charge on any atom is -0.465 e. The average Bonchev–Trinajstić information content (AvgIpc) is 2.67. The Morgan fingerprint density at radius 2 is 1.77 bits per heavy atom. The Labute approximate surface area is 181 Å². The molecule has 3 aliphatic rings. The van der Waals surface area contributed by atoms with E-state index < -0.39 is 11.9 Å². The molecule has 1 N–H and O–H groups in total. The van der Waals surface area contributed by atoms with E-state index in [1.165, 1.54) is 44.7 Å². The molecule has 1 saturated heterocycles. The molecule has 2 atom stereocenters. The van der Waals surface area contributed by atoms with Gasteiger partial charge in [-0.05, 0) is 43.4 Å². The maximum Gasteiger partial charge on any atom is 0.433 e. The van der Waals surface area contributed by atoms with Crippen molar-refractivity contribution in [1.29, 1.82) is 0 Å². The molecule has 1 aromatic rings. The van der Waals surface area contributed by atoms with Crippen LogP contribution in [-0.4, -0.2) is 34.5 Å². The molecule has 2 aliphatic carbocycles. The van der Waals surface area contributed by atoms with Crippen LogP contribution in [-0.2, 0) is 17.5 Å². The highest BCUT2D eigenvalue weighted by molar-refractivity contribution is 5.31. The quantitative estimate of drug-likeness (QED) is 0.649. The fourth-order valence-corrected chi connectivity index (χ4v) is 5.52. The molecule has 0 amide bonds. The number of hydrogen-bond acceptors (Lipinski definition) is 5. The Bertz CT molecular complexity index is 798. The molecule has 1 aliphatic heterocycles. The summed E-state index contributed by atoms with van der Waals surface area (Å²) in [6, 6.07) is 0. The van der Waals surface area contributed by atoms with Crippen LogP contribution < -0.4 is 5.32 Å². The fourth-order valence-electron chi connectivity index (χ4n) is 5.52. The van der Waals surface area contributed by atoms with Gasteiger partial charge in [0.05, 0.1) is 13.1 Å². The molecule has 8 heteroatoms. The Balaban J connectivity index is 1.37. The summed E-state index contributed by atoms with van der Waals surface area (Å²) in [6.45, 7) is 8.84. The molecule has 2 heterocycles. The predicted octanol–water partition coefficient (Wildman–Crippen LogP) is 5.37. The highest BCUT2D eigenvalue weighted by Crippen LogP contribution is 2.43. The second kappa shape index (κ2) is 9.18. The van der Waals surface area contributed by atoms with Crippen LogP contribution in [0.15, 0.2) is 30.9 Å². The van der Waals surface area contributed by atoms with E-state index in [1.807, 2.05) is 0 Å². The van der Waals surface area contributed by atoms with Gasteiger partial charge in [0.25, 0.3) is 0 Å². The number of halogens is 3. The maximum absolute atomic E-state index is 13.7. The molecule has 0 radical (unpaired) electrons. The summed E-state index contributed by atoms with van der Waals surface area (Å²) < 4.78 is 46.3. The highest BCUT2D eigenvalue weighted by Gasteiger charge is 2.37. The van der Waals surface area contributed by atoms with Crippen LogP contribution >= 0.6 is 0 Å². The lowest BCUT2D eigenvalue weighted by molar-refractivity contribution is -0.142. The molecule has 1 aromatic heterocycles. The number of ether oxygens (including phenoxy) is 1.